The topological polar surface area (TPSA) is 37.8 Å². The molecule has 2 aromatic rings. The van der Waals surface area contributed by atoms with Crippen LogP contribution in [0, 0.1) is 6.92 Å². The summed E-state index contributed by atoms with van der Waals surface area (Å²) in [5, 5.41) is 3.41. The molecule has 1 aromatic heterocycles. The van der Waals surface area contributed by atoms with Crippen molar-refractivity contribution in [2.75, 3.05) is 0 Å². The standard InChI is InChI=1S/C17H19N3S/c1-11-2-6-13(7-3-11)21-10-16-19-15-9-18-8-14(15)17(20-16)12-4-5-12/h2-3,6-7,12,18H,4-5,8-10H2,1H3. The predicted octanol–water partition coefficient (Wildman–Crippen LogP) is 3.56. The molecule has 4 heteroatoms. The van der Waals surface area contributed by atoms with Gasteiger partial charge in [-0.15, -0.1) is 11.8 Å². The summed E-state index contributed by atoms with van der Waals surface area (Å²) in [6.07, 6.45) is 2.60. The minimum Gasteiger partial charge on any atom is -0.307 e. The van der Waals surface area contributed by atoms with E-state index in [0.29, 0.717) is 5.92 Å². The maximum absolute atomic E-state index is 4.87. The maximum Gasteiger partial charge on any atom is 0.139 e. The van der Waals surface area contributed by atoms with Crippen molar-refractivity contribution in [3.63, 3.8) is 0 Å². The van der Waals surface area contributed by atoms with E-state index in [2.05, 4.69) is 36.5 Å². The van der Waals surface area contributed by atoms with Crippen molar-refractivity contribution in [2.24, 2.45) is 0 Å². The molecule has 1 saturated carbocycles. The first-order chi connectivity index (χ1) is 10.3. The van der Waals surface area contributed by atoms with Crippen molar-refractivity contribution >= 4 is 11.8 Å². The van der Waals surface area contributed by atoms with Gasteiger partial charge >= 0.3 is 0 Å². The second-order valence-corrected chi connectivity index (χ2v) is 6.98. The highest BCUT2D eigenvalue weighted by Gasteiger charge is 2.31. The first kappa shape index (κ1) is 13.3. The van der Waals surface area contributed by atoms with Crippen LogP contribution in [-0.2, 0) is 18.8 Å². The Balaban J connectivity index is 1.55. The van der Waals surface area contributed by atoms with Gasteiger partial charge in [-0.1, -0.05) is 17.7 Å². The Morgan fingerprint density at radius 2 is 1.95 bits per heavy atom. The average Bonchev–Trinajstić information content (AvgIpc) is 3.23. The molecule has 1 aromatic carbocycles. The summed E-state index contributed by atoms with van der Waals surface area (Å²) in [6.45, 7) is 3.97. The lowest BCUT2D eigenvalue weighted by atomic mass is 10.1. The zero-order chi connectivity index (χ0) is 14.2. The third kappa shape index (κ3) is 2.83. The normalized spacial score (nSPS) is 17.0. The molecular formula is C17H19N3S. The fourth-order valence-electron chi connectivity index (χ4n) is 2.79. The first-order valence-corrected chi connectivity index (χ1v) is 8.57. The third-order valence-electron chi connectivity index (χ3n) is 4.12. The lowest BCUT2D eigenvalue weighted by Crippen LogP contribution is -2.04. The van der Waals surface area contributed by atoms with Crippen LogP contribution in [0.5, 0.6) is 0 Å². The van der Waals surface area contributed by atoms with E-state index in [9.17, 15) is 0 Å². The molecule has 0 atom stereocenters. The summed E-state index contributed by atoms with van der Waals surface area (Å²) in [6, 6.07) is 8.67. The van der Waals surface area contributed by atoms with E-state index in [-0.39, 0.29) is 0 Å². The summed E-state index contributed by atoms with van der Waals surface area (Å²) in [5.74, 6) is 2.55. The number of nitrogens with zero attached hydrogens (tertiary/aromatic N) is 2. The number of thioether (sulfide) groups is 1. The molecule has 2 aliphatic rings. The molecule has 0 bridgehead atoms. The molecule has 21 heavy (non-hydrogen) atoms. The van der Waals surface area contributed by atoms with Crippen molar-refractivity contribution in [3.8, 4) is 0 Å². The van der Waals surface area contributed by atoms with Crippen LogP contribution in [0.1, 0.15) is 47.1 Å². The van der Waals surface area contributed by atoms with Gasteiger partial charge in [0.1, 0.15) is 5.82 Å². The molecule has 3 nitrogen and oxygen atoms in total. The van der Waals surface area contributed by atoms with Crippen LogP contribution in [0.25, 0.3) is 0 Å². The van der Waals surface area contributed by atoms with Gasteiger partial charge in [-0.3, -0.25) is 0 Å². The Morgan fingerprint density at radius 1 is 1.14 bits per heavy atom. The molecule has 0 amide bonds. The summed E-state index contributed by atoms with van der Waals surface area (Å²) < 4.78 is 0. The minimum absolute atomic E-state index is 0.699. The van der Waals surface area contributed by atoms with Crippen LogP contribution in [0.2, 0.25) is 0 Å². The van der Waals surface area contributed by atoms with Crippen molar-refractivity contribution in [1.82, 2.24) is 15.3 Å². The van der Waals surface area contributed by atoms with Crippen LogP contribution < -0.4 is 5.32 Å². The summed E-state index contributed by atoms with van der Waals surface area (Å²) in [4.78, 5) is 10.9. The zero-order valence-corrected chi connectivity index (χ0v) is 13.0. The molecule has 108 valence electrons. The highest BCUT2D eigenvalue weighted by molar-refractivity contribution is 7.98. The number of hydrogen-bond donors (Lipinski definition) is 1. The van der Waals surface area contributed by atoms with Gasteiger partial charge in [0.25, 0.3) is 0 Å². The highest BCUT2D eigenvalue weighted by Crippen LogP contribution is 2.42. The number of hydrogen-bond acceptors (Lipinski definition) is 4. The molecule has 0 spiro atoms. The maximum atomic E-state index is 4.87. The SMILES string of the molecule is Cc1ccc(SCc2nc3c(c(C4CC4)n2)CNC3)cc1. The smallest absolute Gasteiger partial charge is 0.139 e. The summed E-state index contributed by atoms with van der Waals surface area (Å²) >= 11 is 1.82. The number of aromatic nitrogens is 2. The molecule has 1 fully saturated rings. The fraction of sp³-hybridized carbons (Fsp3) is 0.412. The van der Waals surface area contributed by atoms with E-state index in [0.717, 1.165) is 24.7 Å². The zero-order valence-electron chi connectivity index (χ0n) is 12.2. The minimum atomic E-state index is 0.699. The Hall–Kier alpha value is -1.39. The fourth-order valence-corrected chi connectivity index (χ4v) is 3.54. The second kappa shape index (κ2) is 5.43. The van der Waals surface area contributed by atoms with E-state index in [4.69, 9.17) is 9.97 Å². The van der Waals surface area contributed by atoms with Gasteiger partial charge in [-0.25, -0.2) is 9.97 Å². The van der Waals surface area contributed by atoms with Crippen LogP contribution in [0.3, 0.4) is 0 Å². The molecular weight excluding hydrogens is 278 g/mol. The molecule has 1 aliphatic carbocycles. The molecule has 4 rings (SSSR count). The van der Waals surface area contributed by atoms with E-state index in [1.165, 1.54) is 40.3 Å². The van der Waals surface area contributed by atoms with Gasteiger partial charge in [0.05, 0.1) is 17.1 Å². The number of aryl methyl sites for hydroxylation is 1. The largest absolute Gasteiger partial charge is 0.307 e. The second-order valence-electron chi connectivity index (χ2n) is 5.93. The van der Waals surface area contributed by atoms with Gasteiger partial charge in [0, 0.05) is 29.5 Å². The molecule has 0 radical (unpaired) electrons. The van der Waals surface area contributed by atoms with Crippen LogP contribution in [-0.4, -0.2) is 9.97 Å². The molecule has 0 unspecified atom stereocenters. The Kier molecular flexibility index (Phi) is 3.43. The van der Waals surface area contributed by atoms with Gasteiger partial charge in [0.2, 0.25) is 0 Å². The molecule has 0 saturated heterocycles. The summed E-state index contributed by atoms with van der Waals surface area (Å²) in [7, 11) is 0. The van der Waals surface area contributed by atoms with E-state index < -0.39 is 0 Å². The van der Waals surface area contributed by atoms with Crippen molar-refractivity contribution in [3.05, 3.63) is 52.6 Å². The number of nitrogens with one attached hydrogen (secondary N) is 1. The molecule has 2 heterocycles. The van der Waals surface area contributed by atoms with Crippen LogP contribution in [0.4, 0.5) is 0 Å². The van der Waals surface area contributed by atoms with Gasteiger partial charge in [-0.2, -0.15) is 0 Å². The lowest BCUT2D eigenvalue weighted by Gasteiger charge is -2.09. The average molecular weight is 297 g/mol. The van der Waals surface area contributed by atoms with Gasteiger partial charge in [-0.05, 0) is 31.9 Å². The van der Waals surface area contributed by atoms with Crippen LogP contribution >= 0.6 is 11.8 Å². The monoisotopic (exact) mass is 297 g/mol. The van der Waals surface area contributed by atoms with Crippen molar-refractivity contribution in [2.45, 2.75) is 49.4 Å². The van der Waals surface area contributed by atoms with E-state index in [1.807, 2.05) is 11.8 Å². The molecule has 1 aliphatic heterocycles. The Morgan fingerprint density at radius 3 is 2.71 bits per heavy atom. The van der Waals surface area contributed by atoms with Gasteiger partial charge < -0.3 is 5.32 Å². The third-order valence-corrected chi connectivity index (χ3v) is 5.13. The number of fused-ring (bicyclic) bond motifs is 1. The van der Waals surface area contributed by atoms with E-state index in [1.54, 1.807) is 0 Å². The predicted molar refractivity (Wildman–Crippen MR) is 85.3 cm³/mol. The van der Waals surface area contributed by atoms with Crippen molar-refractivity contribution < 1.29 is 0 Å². The quantitative estimate of drug-likeness (QED) is 0.876. The lowest BCUT2D eigenvalue weighted by molar-refractivity contribution is 0.755. The van der Waals surface area contributed by atoms with E-state index >= 15 is 0 Å². The Labute approximate surface area is 129 Å². The number of rotatable bonds is 4. The highest BCUT2D eigenvalue weighted by atomic mass is 32.2. The first-order valence-electron chi connectivity index (χ1n) is 7.58. The number of benzene rings is 1. The Bertz CT molecular complexity index is 662. The van der Waals surface area contributed by atoms with Crippen molar-refractivity contribution in [1.29, 1.82) is 0 Å². The molecule has 1 N–H and O–H groups in total. The van der Waals surface area contributed by atoms with Gasteiger partial charge in [0.15, 0.2) is 0 Å². The van der Waals surface area contributed by atoms with Crippen LogP contribution in [0.15, 0.2) is 29.2 Å². The summed E-state index contributed by atoms with van der Waals surface area (Å²) in [5.41, 5.74) is 5.23.